The molecule has 1 aromatic rings. The van der Waals surface area contributed by atoms with Crippen LogP contribution in [-0.4, -0.2) is 36.7 Å². The molecular weight excluding hydrogens is 339 g/mol. The van der Waals surface area contributed by atoms with Crippen LogP contribution in [0.25, 0.3) is 6.08 Å². The number of carbonyl (C=O) groups excluding carboxylic acids is 1. The first kappa shape index (κ1) is 17.0. The number of ketones is 1. The van der Waals surface area contributed by atoms with Crippen LogP contribution in [0.3, 0.4) is 0 Å². The van der Waals surface area contributed by atoms with Crippen molar-refractivity contribution in [1.29, 1.82) is 0 Å². The minimum atomic E-state index is -1.48. The van der Waals surface area contributed by atoms with Crippen molar-refractivity contribution < 1.29 is 23.7 Å². The Balaban J connectivity index is 1.82. The minimum absolute atomic E-state index is 0.148. The van der Waals surface area contributed by atoms with E-state index in [1.54, 1.807) is 7.11 Å². The molecule has 1 unspecified atom stereocenters. The maximum atomic E-state index is 12.7. The topological polar surface area (TPSA) is 65.0 Å². The zero-order chi connectivity index (χ0) is 17.6. The van der Waals surface area contributed by atoms with Crippen molar-refractivity contribution in [3.63, 3.8) is 0 Å². The molecule has 4 rings (SSSR count). The molecule has 1 fully saturated rings. The highest BCUT2D eigenvalue weighted by atomic mass is 31.2. The SMILES string of the molecule is CCOP(O)CC[C@]12c3c4ccc(OC)c3O[C@H]1C(=O)CC[C@H]2C=C4. The van der Waals surface area contributed by atoms with Crippen LogP contribution in [-0.2, 0) is 14.7 Å². The fraction of sp³-hybridized carbons (Fsp3) is 0.526. The molecule has 2 aliphatic carbocycles. The van der Waals surface area contributed by atoms with Gasteiger partial charge in [0.25, 0.3) is 0 Å². The molecule has 6 heteroatoms. The van der Waals surface area contributed by atoms with Gasteiger partial charge in [0.05, 0.1) is 19.1 Å². The van der Waals surface area contributed by atoms with Crippen molar-refractivity contribution in [3.05, 3.63) is 29.3 Å². The lowest BCUT2D eigenvalue weighted by atomic mass is 9.57. The van der Waals surface area contributed by atoms with E-state index in [0.717, 1.165) is 17.5 Å². The number of benzene rings is 1. The lowest BCUT2D eigenvalue weighted by molar-refractivity contribution is -0.132. The summed E-state index contributed by atoms with van der Waals surface area (Å²) >= 11 is 0. The third-order valence-electron chi connectivity index (χ3n) is 5.70. The number of carbonyl (C=O) groups is 1. The highest BCUT2D eigenvalue weighted by Crippen LogP contribution is 2.61. The molecular formula is C19H23O5P. The Bertz CT molecular complexity index is 731. The van der Waals surface area contributed by atoms with E-state index in [9.17, 15) is 9.69 Å². The molecule has 0 saturated heterocycles. The van der Waals surface area contributed by atoms with E-state index in [1.165, 1.54) is 0 Å². The molecule has 0 amide bonds. The van der Waals surface area contributed by atoms with Gasteiger partial charge >= 0.3 is 0 Å². The van der Waals surface area contributed by atoms with Crippen LogP contribution in [0.5, 0.6) is 11.5 Å². The lowest BCUT2D eigenvalue weighted by Crippen LogP contribution is -2.53. The molecule has 134 valence electrons. The molecule has 0 radical (unpaired) electrons. The summed E-state index contributed by atoms with van der Waals surface area (Å²) in [4.78, 5) is 22.9. The zero-order valence-electron chi connectivity index (χ0n) is 14.5. The fourth-order valence-electron chi connectivity index (χ4n) is 4.67. The second-order valence-corrected chi connectivity index (χ2v) is 8.22. The second kappa shape index (κ2) is 6.39. The number of Topliss-reactive ketones (excluding diaryl/α,β-unsaturated/α-hetero) is 1. The van der Waals surface area contributed by atoms with Gasteiger partial charge in [-0.05, 0) is 37.3 Å². The van der Waals surface area contributed by atoms with Gasteiger partial charge < -0.3 is 18.9 Å². The first-order chi connectivity index (χ1) is 12.1. The number of rotatable bonds is 6. The molecule has 5 nitrogen and oxygen atoms in total. The molecule has 1 N–H and O–H groups in total. The van der Waals surface area contributed by atoms with Crippen LogP contribution >= 0.6 is 8.38 Å². The first-order valence-electron chi connectivity index (χ1n) is 8.80. The van der Waals surface area contributed by atoms with E-state index in [-0.39, 0.29) is 11.7 Å². The largest absolute Gasteiger partial charge is 0.493 e. The quantitative estimate of drug-likeness (QED) is 0.786. The molecule has 0 aromatic heterocycles. The van der Waals surface area contributed by atoms with E-state index in [2.05, 4.69) is 12.2 Å². The molecule has 0 spiro atoms. The van der Waals surface area contributed by atoms with Crippen molar-refractivity contribution in [1.82, 2.24) is 0 Å². The van der Waals surface area contributed by atoms with Crippen LogP contribution in [0.15, 0.2) is 18.2 Å². The average molecular weight is 362 g/mol. The third-order valence-corrected chi connectivity index (χ3v) is 6.86. The van der Waals surface area contributed by atoms with Gasteiger partial charge in [-0.25, -0.2) is 0 Å². The number of ether oxygens (including phenoxy) is 2. The van der Waals surface area contributed by atoms with Crippen molar-refractivity contribution >= 4 is 20.2 Å². The average Bonchev–Trinajstić information content (AvgIpc) is 2.98. The Morgan fingerprint density at radius 2 is 2.28 bits per heavy atom. The highest BCUT2D eigenvalue weighted by molar-refractivity contribution is 7.46. The fourth-order valence-corrected chi connectivity index (χ4v) is 5.66. The molecule has 4 atom stereocenters. The maximum Gasteiger partial charge on any atom is 0.174 e. The third kappa shape index (κ3) is 2.44. The van der Waals surface area contributed by atoms with Crippen molar-refractivity contribution in [2.75, 3.05) is 19.9 Å². The number of hydrogen-bond donors (Lipinski definition) is 1. The molecule has 25 heavy (non-hydrogen) atoms. The summed E-state index contributed by atoms with van der Waals surface area (Å²) < 4.78 is 17.1. The Hall–Kier alpha value is -1.42. The van der Waals surface area contributed by atoms with Crippen molar-refractivity contribution in [2.45, 2.75) is 37.7 Å². The first-order valence-corrected chi connectivity index (χ1v) is 10.2. The van der Waals surface area contributed by atoms with Gasteiger partial charge in [-0.2, -0.15) is 0 Å². The van der Waals surface area contributed by atoms with Crippen LogP contribution < -0.4 is 9.47 Å². The Morgan fingerprint density at radius 1 is 1.44 bits per heavy atom. The van der Waals surface area contributed by atoms with E-state index in [0.29, 0.717) is 37.1 Å². The maximum absolute atomic E-state index is 12.7. The van der Waals surface area contributed by atoms with Gasteiger partial charge in [-0.1, -0.05) is 18.2 Å². The predicted octanol–water partition coefficient (Wildman–Crippen LogP) is 3.43. The highest BCUT2D eigenvalue weighted by Gasteiger charge is 2.60. The second-order valence-electron chi connectivity index (χ2n) is 6.81. The predicted molar refractivity (Wildman–Crippen MR) is 96.1 cm³/mol. The van der Waals surface area contributed by atoms with Crippen LogP contribution in [0.1, 0.15) is 37.3 Å². The summed E-state index contributed by atoms with van der Waals surface area (Å²) in [5, 5.41) is 0. The van der Waals surface area contributed by atoms with Crippen LogP contribution in [0.2, 0.25) is 0 Å². The summed E-state index contributed by atoms with van der Waals surface area (Å²) in [6.07, 6.45) is 6.42. The van der Waals surface area contributed by atoms with Crippen LogP contribution in [0, 0.1) is 5.92 Å². The van der Waals surface area contributed by atoms with Crippen molar-refractivity contribution in [3.8, 4) is 11.5 Å². The van der Waals surface area contributed by atoms with E-state index >= 15 is 0 Å². The summed E-state index contributed by atoms with van der Waals surface area (Å²) in [6.45, 7) is 2.37. The van der Waals surface area contributed by atoms with Gasteiger partial charge in [0.2, 0.25) is 0 Å². The van der Waals surface area contributed by atoms with Gasteiger partial charge in [0.1, 0.15) is 0 Å². The van der Waals surface area contributed by atoms with Gasteiger partial charge in [0.15, 0.2) is 31.8 Å². The summed E-state index contributed by atoms with van der Waals surface area (Å²) in [6, 6.07) is 3.93. The van der Waals surface area contributed by atoms with E-state index in [4.69, 9.17) is 14.0 Å². The Morgan fingerprint density at radius 3 is 3.04 bits per heavy atom. The Labute approximate surface area is 148 Å². The van der Waals surface area contributed by atoms with Gasteiger partial charge in [-0.15, -0.1) is 0 Å². The monoisotopic (exact) mass is 362 g/mol. The summed E-state index contributed by atoms with van der Waals surface area (Å²) in [5.41, 5.74) is 1.75. The molecule has 3 aliphatic rings. The van der Waals surface area contributed by atoms with E-state index < -0.39 is 19.9 Å². The number of allylic oxidation sites excluding steroid dienone is 1. The molecule has 1 aliphatic heterocycles. The van der Waals surface area contributed by atoms with Gasteiger partial charge in [0, 0.05) is 18.1 Å². The van der Waals surface area contributed by atoms with Crippen LogP contribution in [0.4, 0.5) is 0 Å². The molecule has 1 heterocycles. The minimum Gasteiger partial charge on any atom is -0.493 e. The normalized spacial score (nSPS) is 30.0. The Kier molecular flexibility index (Phi) is 4.35. The van der Waals surface area contributed by atoms with Gasteiger partial charge in [-0.3, -0.25) is 4.79 Å². The van der Waals surface area contributed by atoms with E-state index in [1.807, 2.05) is 19.1 Å². The smallest absolute Gasteiger partial charge is 0.174 e. The summed E-state index contributed by atoms with van der Waals surface area (Å²) in [7, 11) is 0.145. The summed E-state index contributed by atoms with van der Waals surface area (Å²) in [5.74, 6) is 1.76. The number of methoxy groups -OCH3 is 1. The molecule has 1 saturated carbocycles. The molecule has 0 bridgehead atoms. The number of hydrogen-bond acceptors (Lipinski definition) is 5. The molecule has 1 aromatic carbocycles. The lowest BCUT2D eigenvalue weighted by Gasteiger charge is -2.45. The standard InChI is InChI=1S/C19H23O5P/c1-3-23-25(21)11-10-19-13-6-4-12-5-9-15(22-2)17(16(12)19)24-18(19)14(20)8-7-13/h4-6,9,13,18,21H,3,7-8,10-11H2,1-2H3/t13-,18+,19+,25?/m1/s1. The van der Waals surface area contributed by atoms with Crippen molar-refractivity contribution in [2.24, 2.45) is 5.92 Å². The zero-order valence-corrected chi connectivity index (χ0v) is 15.4.